The topological polar surface area (TPSA) is 80.1 Å². The van der Waals surface area contributed by atoms with Gasteiger partial charge in [0.05, 0.1) is 5.69 Å². The Balaban J connectivity index is 3.29. The van der Waals surface area contributed by atoms with Crippen LogP contribution in [0.5, 0.6) is 0 Å². The second-order valence-corrected chi connectivity index (χ2v) is 7.20. The van der Waals surface area contributed by atoms with Crippen LogP contribution < -0.4 is 15.9 Å². The van der Waals surface area contributed by atoms with E-state index in [1.165, 1.54) is 5.01 Å². The Morgan fingerprint density at radius 2 is 1.45 bits per heavy atom. The highest BCUT2D eigenvalue weighted by atomic mass is 15.5. The number of hydrogen-bond acceptors (Lipinski definition) is 3. The van der Waals surface area contributed by atoms with E-state index < -0.39 is 0 Å². The maximum Gasteiger partial charge on any atom is 0.0541 e. The summed E-state index contributed by atoms with van der Waals surface area (Å²) < 4.78 is 0. The van der Waals surface area contributed by atoms with Gasteiger partial charge in [0, 0.05) is 16.8 Å². The Bertz CT molecular complexity index is 437. The van der Waals surface area contributed by atoms with Crippen molar-refractivity contribution >= 4 is 17.1 Å². The standard InChI is InChI=1S/C15H27N5/c1-10-8-13(20(18)15(5,6)7)11(16)9-12(10)19(17)14(2,3)4/h8-9,16,18H,17H2,1-7H3/q-2. The molecule has 0 bridgehead atoms. The largest absolute Gasteiger partial charge is 0.697 e. The molecule has 0 atom stereocenters. The molecule has 0 saturated heterocycles. The number of nitrogens with one attached hydrogen (secondary N) is 2. The first-order chi connectivity index (χ1) is 8.85. The molecule has 0 saturated carbocycles. The Morgan fingerprint density at radius 1 is 0.950 bits per heavy atom. The van der Waals surface area contributed by atoms with Crippen molar-refractivity contribution in [3.8, 4) is 0 Å². The third kappa shape index (κ3) is 3.35. The minimum atomic E-state index is -0.351. The van der Waals surface area contributed by atoms with E-state index in [2.05, 4.69) is 0 Å². The summed E-state index contributed by atoms with van der Waals surface area (Å²) in [6.07, 6.45) is 0. The normalized spacial score (nSPS) is 12.4. The molecule has 0 aliphatic carbocycles. The molecule has 5 nitrogen and oxygen atoms in total. The molecule has 5 heteroatoms. The Labute approximate surface area is 122 Å². The first-order valence-corrected chi connectivity index (χ1v) is 6.78. The summed E-state index contributed by atoms with van der Waals surface area (Å²) in [5.41, 5.74) is 10.3. The highest BCUT2D eigenvalue weighted by Crippen LogP contribution is 2.38. The maximum atomic E-state index is 8.17. The zero-order valence-electron chi connectivity index (χ0n) is 13.6. The molecule has 4 N–H and O–H groups in total. The smallest absolute Gasteiger partial charge is 0.0541 e. The minimum absolute atomic E-state index is 0.219. The van der Waals surface area contributed by atoms with Crippen molar-refractivity contribution in [3.63, 3.8) is 0 Å². The molecular weight excluding hydrogens is 250 g/mol. The Hall–Kier alpha value is -1.46. The van der Waals surface area contributed by atoms with Gasteiger partial charge >= 0.3 is 0 Å². The van der Waals surface area contributed by atoms with E-state index in [1.807, 2.05) is 54.5 Å². The molecule has 0 unspecified atom stereocenters. The van der Waals surface area contributed by atoms with Gasteiger partial charge in [-0.25, -0.2) is 5.84 Å². The molecule has 0 amide bonds. The highest BCUT2D eigenvalue weighted by molar-refractivity contribution is 5.78. The molecule has 1 aromatic carbocycles. The van der Waals surface area contributed by atoms with Crippen molar-refractivity contribution in [2.45, 2.75) is 59.5 Å². The summed E-state index contributed by atoms with van der Waals surface area (Å²) in [7, 11) is 0. The van der Waals surface area contributed by atoms with E-state index >= 15 is 0 Å². The monoisotopic (exact) mass is 277 g/mol. The van der Waals surface area contributed by atoms with Gasteiger partial charge in [-0.2, -0.15) is 0 Å². The lowest BCUT2D eigenvalue weighted by molar-refractivity contribution is 0.513. The number of aryl methyl sites for hydroxylation is 1. The van der Waals surface area contributed by atoms with Crippen LogP contribution in [0.4, 0.5) is 17.1 Å². The summed E-state index contributed by atoms with van der Waals surface area (Å²) in [5, 5.41) is 3.06. The fourth-order valence-corrected chi connectivity index (χ4v) is 1.85. The molecule has 20 heavy (non-hydrogen) atoms. The number of hydrogen-bond donors (Lipinski definition) is 1. The number of anilines is 2. The van der Waals surface area contributed by atoms with Crippen LogP contribution in [0.15, 0.2) is 12.1 Å². The second kappa shape index (κ2) is 5.14. The lowest BCUT2D eigenvalue weighted by Crippen LogP contribution is -2.47. The molecule has 0 aromatic heterocycles. The number of nitrogens with zero attached hydrogens (tertiary/aromatic N) is 2. The zero-order chi connectivity index (χ0) is 15.9. The van der Waals surface area contributed by atoms with Crippen LogP contribution in [0.3, 0.4) is 0 Å². The van der Waals surface area contributed by atoms with Gasteiger partial charge in [-0.05, 0) is 60.1 Å². The highest BCUT2D eigenvalue weighted by Gasteiger charge is 2.21. The second-order valence-electron chi connectivity index (χ2n) is 7.20. The predicted molar refractivity (Wildman–Crippen MR) is 88.1 cm³/mol. The molecule has 114 valence electrons. The van der Waals surface area contributed by atoms with E-state index in [4.69, 9.17) is 17.4 Å². The van der Waals surface area contributed by atoms with Crippen LogP contribution in [0.1, 0.15) is 47.1 Å². The quantitative estimate of drug-likeness (QED) is 0.626. The minimum Gasteiger partial charge on any atom is -0.697 e. The third-order valence-corrected chi connectivity index (χ3v) is 3.21. The van der Waals surface area contributed by atoms with E-state index in [-0.39, 0.29) is 11.1 Å². The van der Waals surface area contributed by atoms with Gasteiger partial charge in [-0.3, -0.25) is 0 Å². The van der Waals surface area contributed by atoms with Gasteiger partial charge in [0.25, 0.3) is 0 Å². The van der Waals surface area contributed by atoms with Crippen molar-refractivity contribution in [1.29, 1.82) is 0 Å². The van der Waals surface area contributed by atoms with Crippen LogP contribution in [0.2, 0.25) is 0 Å². The lowest BCUT2D eigenvalue weighted by Gasteiger charge is -2.45. The van der Waals surface area contributed by atoms with E-state index in [0.29, 0.717) is 11.4 Å². The van der Waals surface area contributed by atoms with E-state index in [0.717, 1.165) is 11.3 Å². The molecule has 0 spiro atoms. The third-order valence-electron chi connectivity index (χ3n) is 3.21. The Morgan fingerprint density at radius 3 is 1.85 bits per heavy atom. The number of nitrogens with two attached hydrogens (primary N) is 1. The molecular formula is C15H27N5-2. The van der Waals surface area contributed by atoms with Crippen LogP contribution in [-0.4, -0.2) is 11.1 Å². The fraction of sp³-hybridized carbons (Fsp3) is 0.600. The van der Waals surface area contributed by atoms with Gasteiger partial charge in [0.15, 0.2) is 0 Å². The van der Waals surface area contributed by atoms with Gasteiger partial charge in [0.1, 0.15) is 0 Å². The van der Waals surface area contributed by atoms with E-state index in [9.17, 15) is 0 Å². The number of benzene rings is 1. The molecule has 1 rings (SSSR count). The van der Waals surface area contributed by atoms with Crippen molar-refractivity contribution < 1.29 is 0 Å². The van der Waals surface area contributed by atoms with Crippen molar-refractivity contribution in [2.75, 3.05) is 10.0 Å². The molecule has 0 heterocycles. The van der Waals surface area contributed by atoms with Crippen LogP contribution in [-0.2, 0) is 0 Å². The van der Waals surface area contributed by atoms with Crippen LogP contribution in [0, 0.1) is 6.92 Å². The van der Waals surface area contributed by atoms with E-state index in [1.54, 1.807) is 11.1 Å². The molecule has 0 radical (unpaired) electrons. The molecule has 0 aliphatic heterocycles. The summed E-state index contributed by atoms with van der Waals surface area (Å²) in [5.74, 6) is 14.3. The predicted octanol–water partition coefficient (Wildman–Crippen LogP) is 4.73. The van der Waals surface area contributed by atoms with Crippen molar-refractivity contribution in [2.24, 2.45) is 5.84 Å². The van der Waals surface area contributed by atoms with Gasteiger partial charge in [-0.15, -0.1) is 5.69 Å². The van der Waals surface area contributed by atoms with Crippen molar-refractivity contribution in [3.05, 3.63) is 29.3 Å². The maximum absolute atomic E-state index is 8.17. The zero-order valence-corrected chi connectivity index (χ0v) is 13.6. The summed E-state index contributed by atoms with van der Waals surface area (Å²) in [4.78, 5) is 0. The first-order valence-electron chi connectivity index (χ1n) is 6.78. The van der Waals surface area contributed by atoms with Crippen molar-refractivity contribution in [1.82, 2.24) is 0 Å². The first kappa shape index (κ1) is 16.6. The molecule has 0 fully saturated rings. The summed E-state index contributed by atoms with van der Waals surface area (Å²) in [6, 6.07) is 3.60. The average Bonchev–Trinajstić information content (AvgIpc) is 2.27. The Kier molecular flexibility index (Phi) is 4.27. The molecule has 1 aromatic rings. The van der Waals surface area contributed by atoms with Gasteiger partial charge in [0.2, 0.25) is 0 Å². The average molecular weight is 277 g/mol. The van der Waals surface area contributed by atoms with Gasteiger partial charge in [-0.1, -0.05) is 6.07 Å². The van der Waals surface area contributed by atoms with Gasteiger partial charge < -0.3 is 21.6 Å². The number of hydrazine groups is 1. The molecule has 0 aliphatic rings. The van der Waals surface area contributed by atoms with Crippen LogP contribution in [0.25, 0.3) is 11.6 Å². The summed E-state index contributed by atoms with van der Waals surface area (Å²) >= 11 is 0. The lowest BCUT2D eigenvalue weighted by atomic mass is 10.0. The SMILES string of the molecule is Cc1cc(N([NH-])C(C)(C)C)c([NH-])cc1N(N)C(C)(C)C. The summed E-state index contributed by atoms with van der Waals surface area (Å²) in [6.45, 7) is 13.9. The van der Waals surface area contributed by atoms with Crippen LogP contribution >= 0.6 is 0 Å². The number of rotatable bonds is 2. The fourth-order valence-electron chi connectivity index (χ4n) is 1.85.